The van der Waals surface area contributed by atoms with Crippen LogP contribution in [0.4, 0.5) is 4.79 Å². The summed E-state index contributed by atoms with van der Waals surface area (Å²) in [5.74, 6) is 0.168. The molecule has 0 aliphatic heterocycles. The van der Waals surface area contributed by atoms with E-state index in [1.54, 1.807) is 41.9 Å². The smallest absolute Gasteiger partial charge is 0.408 e. The highest BCUT2D eigenvalue weighted by Crippen LogP contribution is 2.40. The number of carbonyl (C=O) groups is 2. The maximum absolute atomic E-state index is 12.4. The molecular weight excluding hydrogens is 450 g/mol. The highest BCUT2D eigenvalue weighted by atomic mass is 16.6. The molecule has 192 valence electrons. The number of benzene rings is 2. The lowest BCUT2D eigenvalue weighted by molar-refractivity contribution is -0.145. The average molecular weight is 488 g/mol. The number of carboxylic acid groups (broad SMARTS) is 1. The summed E-state index contributed by atoms with van der Waals surface area (Å²) < 4.78 is 22.1. The molecule has 35 heavy (non-hydrogen) atoms. The second-order valence-corrected chi connectivity index (χ2v) is 9.25. The summed E-state index contributed by atoms with van der Waals surface area (Å²) >= 11 is 0. The fourth-order valence-electron chi connectivity index (χ4n) is 3.73. The normalized spacial score (nSPS) is 13.0. The van der Waals surface area contributed by atoms with Gasteiger partial charge in [-0.1, -0.05) is 31.2 Å². The molecule has 0 aliphatic rings. The Hall–Kier alpha value is -3.26. The molecule has 0 radical (unpaired) electrons. The number of nitrogens with one attached hydrogen (secondary N) is 1. The van der Waals surface area contributed by atoms with Crippen molar-refractivity contribution < 1.29 is 33.6 Å². The highest BCUT2D eigenvalue weighted by Gasteiger charge is 2.39. The fourth-order valence-corrected chi connectivity index (χ4v) is 3.73. The molecule has 0 saturated heterocycles. The summed E-state index contributed by atoms with van der Waals surface area (Å²) in [7, 11) is 3.20. The summed E-state index contributed by atoms with van der Waals surface area (Å²) in [5.41, 5.74) is 1.08. The van der Waals surface area contributed by atoms with Crippen LogP contribution in [0.2, 0.25) is 0 Å². The standard InChI is InChI=1S/C27H37NO7/c1-8-27(24(29)30,28-25(31)35-26(3,4)5)16-18-10-12-20(13-11-18)23-21(32-6)14-19(17-34-9-2)15-22(23)33-7/h10-15H,8-9,16-17H2,1-7H3,(H,28,31)(H,29,30)/t27-/m0/s1. The predicted octanol–water partition coefficient (Wildman–Crippen LogP) is 5.21. The van der Waals surface area contributed by atoms with Gasteiger partial charge < -0.3 is 29.4 Å². The lowest BCUT2D eigenvalue weighted by Gasteiger charge is -2.31. The molecule has 2 N–H and O–H groups in total. The topological polar surface area (TPSA) is 103 Å². The molecule has 0 aliphatic carbocycles. The molecule has 2 aromatic rings. The second kappa shape index (κ2) is 11.9. The van der Waals surface area contributed by atoms with Gasteiger partial charge in [-0.15, -0.1) is 0 Å². The van der Waals surface area contributed by atoms with E-state index in [9.17, 15) is 14.7 Å². The Morgan fingerprint density at radius 1 is 0.943 bits per heavy atom. The third kappa shape index (κ3) is 7.36. The lowest BCUT2D eigenvalue weighted by atomic mass is 9.87. The Bertz CT molecular complexity index is 986. The van der Waals surface area contributed by atoms with Crippen LogP contribution in [0.15, 0.2) is 36.4 Å². The Morgan fingerprint density at radius 2 is 1.51 bits per heavy atom. The maximum atomic E-state index is 12.4. The summed E-state index contributed by atoms with van der Waals surface area (Å²) in [4.78, 5) is 24.6. The van der Waals surface area contributed by atoms with E-state index in [0.717, 1.165) is 22.3 Å². The van der Waals surface area contributed by atoms with Gasteiger partial charge in [0.1, 0.15) is 22.6 Å². The van der Waals surface area contributed by atoms with Gasteiger partial charge in [-0.2, -0.15) is 0 Å². The number of hydrogen-bond donors (Lipinski definition) is 2. The van der Waals surface area contributed by atoms with Crippen molar-refractivity contribution in [3.8, 4) is 22.6 Å². The predicted molar refractivity (Wildman–Crippen MR) is 134 cm³/mol. The van der Waals surface area contributed by atoms with Gasteiger partial charge >= 0.3 is 12.1 Å². The third-order valence-corrected chi connectivity index (χ3v) is 5.54. The van der Waals surface area contributed by atoms with Crippen molar-refractivity contribution >= 4 is 12.1 Å². The molecule has 0 aromatic heterocycles. The van der Waals surface area contributed by atoms with E-state index in [1.807, 2.05) is 43.3 Å². The van der Waals surface area contributed by atoms with E-state index in [4.69, 9.17) is 18.9 Å². The summed E-state index contributed by atoms with van der Waals surface area (Å²) in [6, 6.07) is 11.3. The van der Waals surface area contributed by atoms with Crippen LogP contribution in [-0.4, -0.2) is 49.1 Å². The summed E-state index contributed by atoms with van der Waals surface area (Å²) in [6.07, 6.45) is -0.480. The van der Waals surface area contributed by atoms with Gasteiger partial charge in [0.05, 0.1) is 26.4 Å². The molecule has 2 rings (SSSR count). The quantitative estimate of drug-likeness (QED) is 0.448. The molecule has 8 heteroatoms. The van der Waals surface area contributed by atoms with Crippen molar-refractivity contribution in [2.45, 2.75) is 65.2 Å². The van der Waals surface area contributed by atoms with Crippen molar-refractivity contribution in [1.82, 2.24) is 5.32 Å². The molecular formula is C27H37NO7. The van der Waals surface area contributed by atoms with E-state index < -0.39 is 23.2 Å². The van der Waals surface area contributed by atoms with Gasteiger partial charge in [0, 0.05) is 13.0 Å². The monoisotopic (exact) mass is 487 g/mol. The van der Waals surface area contributed by atoms with Crippen molar-refractivity contribution in [2.24, 2.45) is 0 Å². The summed E-state index contributed by atoms with van der Waals surface area (Å²) in [5, 5.41) is 12.6. The first-order valence-electron chi connectivity index (χ1n) is 11.6. The van der Waals surface area contributed by atoms with Crippen LogP contribution in [0.3, 0.4) is 0 Å². The van der Waals surface area contributed by atoms with Crippen molar-refractivity contribution in [3.63, 3.8) is 0 Å². The van der Waals surface area contributed by atoms with Gasteiger partial charge in [0.2, 0.25) is 0 Å². The fraction of sp³-hybridized carbons (Fsp3) is 0.481. The molecule has 0 heterocycles. The van der Waals surface area contributed by atoms with Gasteiger partial charge in [-0.25, -0.2) is 9.59 Å². The number of hydrogen-bond acceptors (Lipinski definition) is 6. The lowest BCUT2D eigenvalue weighted by Crippen LogP contribution is -2.56. The van der Waals surface area contributed by atoms with Crippen molar-refractivity contribution in [3.05, 3.63) is 47.5 Å². The number of methoxy groups -OCH3 is 2. The van der Waals surface area contributed by atoms with Gasteiger partial charge in [-0.05, 0) is 62.9 Å². The zero-order valence-electron chi connectivity index (χ0n) is 21.7. The number of carboxylic acids is 1. The minimum absolute atomic E-state index is 0.0971. The van der Waals surface area contributed by atoms with Crippen LogP contribution in [0.25, 0.3) is 11.1 Å². The molecule has 0 bridgehead atoms. The molecule has 2 aromatic carbocycles. The number of aliphatic carboxylic acids is 1. The van der Waals surface area contributed by atoms with E-state index >= 15 is 0 Å². The second-order valence-electron chi connectivity index (χ2n) is 9.25. The molecule has 1 atom stereocenters. The minimum Gasteiger partial charge on any atom is -0.496 e. The number of amides is 1. The first kappa shape index (κ1) is 28.0. The minimum atomic E-state index is -1.50. The van der Waals surface area contributed by atoms with E-state index in [1.165, 1.54) is 0 Å². The van der Waals surface area contributed by atoms with E-state index in [-0.39, 0.29) is 12.8 Å². The molecule has 0 fully saturated rings. The van der Waals surface area contributed by atoms with Crippen LogP contribution in [-0.2, 0) is 27.3 Å². The average Bonchev–Trinajstić information content (AvgIpc) is 2.80. The molecule has 8 nitrogen and oxygen atoms in total. The van der Waals surface area contributed by atoms with Crippen LogP contribution in [0, 0.1) is 0 Å². The Labute approximate surface area is 207 Å². The molecule has 0 unspecified atom stereocenters. The maximum Gasteiger partial charge on any atom is 0.408 e. The Kier molecular flexibility index (Phi) is 9.54. The van der Waals surface area contributed by atoms with Crippen molar-refractivity contribution in [1.29, 1.82) is 0 Å². The zero-order chi connectivity index (χ0) is 26.2. The van der Waals surface area contributed by atoms with Gasteiger partial charge in [0.15, 0.2) is 0 Å². The number of rotatable bonds is 11. The summed E-state index contributed by atoms with van der Waals surface area (Å²) in [6.45, 7) is 9.89. The van der Waals surface area contributed by atoms with Crippen LogP contribution >= 0.6 is 0 Å². The molecule has 0 spiro atoms. The van der Waals surface area contributed by atoms with Crippen LogP contribution in [0.5, 0.6) is 11.5 Å². The van der Waals surface area contributed by atoms with E-state index in [0.29, 0.717) is 24.7 Å². The van der Waals surface area contributed by atoms with Gasteiger partial charge in [-0.3, -0.25) is 0 Å². The zero-order valence-corrected chi connectivity index (χ0v) is 21.7. The van der Waals surface area contributed by atoms with Crippen LogP contribution in [0.1, 0.15) is 52.2 Å². The molecule has 1 amide bonds. The Morgan fingerprint density at radius 3 is 1.94 bits per heavy atom. The number of ether oxygens (including phenoxy) is 4. The number of carbonyl (C=O) groups excluding carboxylic acids is 1. The van der Waals surface area contributed by atoms with E-state index in [2.05, 4.69) is 5.32 Å². The first-order chi connectivity index (χ1) is 16.5. The SMILES string of the molecule is CCOCc1cc(OC)c(-c2ccc(C[C@](CC)(NC(=O)OC(C)(C)C)C(=O)O)cc2)c(OC)c1. The van der Waals surface area contributed by atoms with Crippen molar-refractivity contribution in [2.75, 3.05) is 20.8 Å². The first-order valence-corrected chi connectivity index (χ1v) is 11.6. The number of alkyl carbamates (subject to hydrolysis) is 1. The Balaban J connectivity index is 2.36. The molecule has 0 saturated carbocycles. The van der Waals surface area contributed by atoms with Gasteiger partial charge in [0.25, 0.3) is 0 Å². The third-order valence-electron chi connectivity index (χ3n) is 5.54. The largest absolute Gasteiger partial charge is 0.496 e. The van der Waals surface area contributed by atoms with Crippen LogP contribution < -0.4 is 14.8 Å². The highest BCUT2D eigenvalue weighted by molar-refractivity contribution is 5.85.